The second-order valence-corrected chi connectivity index (χ2v) is 6.25. The summed E-state index contributed by atoms with van der Waals surface area (Å²) in [5.74, 6) is -0.631. The molecule has 0 spiro atoms. The van der Waals surface area contributed by atoms with Crippen LogP contribution in [0.3, 0.4) is 0 Å². The first kappa shape index (κ1) is 15.1. The third kappa shape index (κ3) is 3.62. The Labute approximate surface area is 119 Å². The molecule has 0 aromatic rings. The number of esters is 1. The van der Waals surface area contributed by atoms with Crippen LogP contribution in [0.15, 0.2) is 0 Å². The molecule has 0 aromatic carbocycles. The second-order valence-electron chi connectivity index (χ2n) is 6.25. The number of carbonyl (C=O) groups is 2. The van der Waals surface area contributed by atoms with E-state index in [1.165, 1.54) is 0 Å². The van der Waals surface area contributed by atoms with E-state index in [2.05, 4.69) is 5.32 Å². The Hall–Kier alpha value is -1.30. The molecular formula is C14H23NO5. The predicted molar refractivity (Wildman–Crippen MR) is 71.2 cm³/mol. The number of carbonyl (C=O) groups excluding carboxylic acids is 2. The molecule has 6 nitrogen and oxygen atoms in total. The number of ether oxygens (including phenoxy) is 3. The zero-order valence-corrected chi connectivity index (χ0v) is 12.5. The molecule has 0 radical (unpaired) electrons. The number of hydrogen-bond acceptors (Lipinski definition) is 5. The Balaban J connectivity index is 1.98. The molecule has 1 saturated heterocycles. The smallest absolute Gasteiger partial charge is 0.407 e. The maximum absolute atomic E-state index is 12.0. The predicted octanol–water partition coefficient (Wildman–Crippen LogP) is 1.62. The van der Waals surface area contributed by atoms with Crippen molar-refractivity contribution >= 4 is 12.1 Å². The lowest BCUT2D eigenvalue weighted by Crippen LogP contribution is -2.51. The van der Waals surface area contributed by atoms with Crippen molar-refractivity contribution in [3.8, 4) is 0 Å². The molecule has 114 valence electrons. The van der Waals surface area contributed by atoms with Gasteiger partial charge in [-0.15, -0.1) is 0 Å². The van der Waals surface area contributed by atoms with Crippen LogP contribution in [0, 0.1) is 5.92 Å². The maximum atomic E-state index is 12.0. The van der Waals surface area contributed by atoms with Crippen LogP contribution in [0.2, 0.25) is 0 Å². The fourth-order valence-electron chi connectivity index (χ4n) is 2.60. The van der Waals surface area contributed by atoms with E-state index in [0.717, 1.165) is 6.42 Å². The van der Waals surface area contributed by atoms with Crippen molar-refractivity contribution in [3.63, 3.8) is 0 Å². The zero-order chi connectivity index (χ0) is 14.9. The van der Waals surface area contributed by atoms with E-state index in [-0.39, 0.29) is 30.1 Å². The summed E-state index contributed by atoms with van der Waals surface area (Å²) in [4.78, 5) is 23.8. The summed E-state index contributed by atoms with van der Waals surface area (Å²) in [6.45, 7) is 7.50. The van der Waals surface area contributed by atoms with Gasteiger partial charge in [-0.05, 0) is 40.5 Å². The van der Waals surface area contributed by atoms with Gasteiger partial charge in [-0.3, -0.25) is 4.79 Å². The highest BCUT2D eigenvalue weighted by molar-refractivity contribution is 5.76. The number of amides is 1. The molecule has 1 saturated carbocycles. The molecule has 2 fully saturated rings. The molecule has 1 aliphatic carbocycles. The highest BCUT2D eigenvalue weighted by atomic mass is 16.6. The summed E-state index contributed by atoms with van der Waals surface area (Å²) >= 11 is 0. The highest BCUT2D eigenvalue weighted by Gasteiger charge is 2.54. The molecular weight excluding hydrogens is 262 g/mol. The Morgan fingerprint density at radius 1 is 1.30 bits per heavy atom. The van der Waals surface area contributed by atoms with Crippen LogP contribution in [0.4, 0.5) is 4.79 Å². The largest absolute Gasteiger partial charge is 0.466 e. The van der Waals surface area contributed by atoms with Gasteiger partial charge in [0, 0.05) is 0 Å². The van der Waals surface area contributed by atoms with Gasteiger partial charge >= 0.3 is 12.1 Å². The molecule has 2 aliphatic rings. The van der Waals surface area contributed by atoms with Gasteiger partial charge in [0.2, 0.25) is 0 Å². The van der Waals surface area contributed by atoms with Gasteiger partial charge < -0.3 is 19.5 Å². The Kier molecular flexibility index (Phi) is 4.22. The lowest BCUT2D eigenvalue weighted by molar-refractivity contribution is -0.149. The maximum Gasteiger partial charge on any atom is 0.407 e. The fraction of sp³-hybridized carbons (Fsp3) is 0.857. The molecule has 4 atom stereocenters. The quantitative estimate of drug-likeness (QED) is 0.630. The van der Waals surface area contributed by atoms with E-state index in [0.29, 0.717) is 13.0 Å². The van der Waals surface area contributed by atoms with Crippen molar-refractivity contribution in [1.82, 2.24) is 5.32 Å². The minimum absolute atomic E-state index is 0.0920. The Morgan fingerprint density at radius 3 is 2.60 bits per heavy atom. The van der Waals surface area contributed by atoms with E-state index in [4.69, 9.17) is 14.2 Å². The zero-order valence-electron chi connectivity index (χ0n) is 12.5. The van der Waals surface area contributed by atoms with Crippen LogP contribution in [-0.2, 0) is 19.0 Å². The minimum Gasteiger partial charge on any atom is -0.466 e. The average molecular weight is 285 g/mol. The van der Waals surface area contributed by atoms with Crippen LogP contribution in [-0.4, -0.2) is 42.5 Å². The van der Waals surface area contributed by atoms with E-state index < -0.39 is 11.7 Å². The molecule has 6 heteroatoms. The van der Waals surface area contributed by atoms with Gasteiger partial charge in [-0.1, -0.05) is 0 Å². The van der Waals surface area contributed by atoms with E-state index in [1.54, 1.807) is 27.7 Å². The van der Waals surface area contributed by atoms with Gasteiger partial charge in [-0.25, -0.2) is 4.79 Å². The molecule has 2 rings (SSSR count). The Morgan fingerprint density at radius 2 is 2.00 bits per heavy atom. The third-order valence-electron chi connectivity index (χ3n) is 3.44. The monoisotopic (exact) mass is 285 g/mol. The summed E-state index contributed by atoms with van der Waals surface area (Å²) in [7, 11) is 0. The SMILES string of the molecule is CCOC(=O)[C@@H]1CC[C@@H]2O[C@@H]2[C@@H]1NC(=O)OC(C)(C)C. The lowest BCUT2D eigenvalue weighted by atomic mass is 9.84. The summed E-state index contributed by atoms with van der Waals surface area (Å²) in [6.07, 6.45) is 1.04. The first-order chi connectivity index (χ1) is 9.31. The van der Waals surface area contributed by atoms with Gasteiger partial charge in [0.05, 0.1) is 24.7 Å². The molecule has 0 aromatic heterocycles. The van der Waals surface area contributed by atoms with E-state index in [1.807, 2.05) is 0 Å². The van der Waals surface area contributed by atoms with Gasteiger partial charge in [0.15, 0.2) is 0 Å². The summed E-state index contributed by atoms with van der Waals surface area (Å²) < 4.78 is 15.8. The molecule has 1 amide bonds. The summed E-state index contributed by atoms with van der Waals surface area (Å²) in [5.41, 5.74) is -0.567. The number of rotatable bonds is 3. The molecule has 1 N–H and O–H groups in total. The summed E-state index contributed by atoms with van der Waals surface area (Å²) in [6, 6.07) is -0.359. The second kappa shape index (κ2) is 5.60. The van der Waals surface area contributed by atoms with Crippen LogP contribution in [0.25, 0.3) is 0 Å². The number of alkyl carbamates (subject to hydrolysis) is 1. The van der Waals surface area contributed by atoms with Crippen molar-refractivity contribution in [1.29, 1.82) is 0 Å². The van der Waals surface area contributed by atoms with Crippen molar-refractivity contribution in [2.24, 2.45) is 5.92 Å². The highest BCUT2D eigenvalue weighted by Crippen LogP contribution is 2.40. The topological polar surface area (TPSA) is 77.2 Å². The van der Waals surface area contributed by atoms with Crippen molar-refractivity contribution in [2.75, 3.05) is 6.61 Å². The van der Waals surface area contributed by atoms with Gasteiger partial charge in [0.1, 0.15) is 11.7 Å². The third-order valence-corrected chi connectivity index (χ3v) is 3.44. The number of hydrogen-bond donors (Lipinski definition) is 1. The van der Waals surface area contributed by atoms with E-state index in [9.17, 15) is 9.59 Å². The number of nitrogens with one attached hydrogen (secondary N) is 1. The van der Waals surface area contributed by atoms with Crippen LogP contribution in [0.1, 0.15) is 40.5 Å². The van der Waals surface area contributed by atoms with Crippen LogP contribution in [0.5, 0.6) is 0 Å². The van der Waals surface area contributed by atoms with Gasteiger partial charge in [-0.2, -0.15) is 0 Å². The fourth-order valence-corrected chi connectivity index (χ4v) is 2.60. The van der Waals surface area contributed by atoms with Crippen molar-refractivity contribution in [2.45, 2.75) is 64.4 Å². The molecule has 1 aliphatic heterocycles. The van der Waals surface area contributed by atoms with E-state index >= 15 is 0 Å². The standard InChI is InChI=1S/C14H23NO5/c1-5-18-12(16)8-6-7-9-11(19-9)10(8)15-13(17)20-14(2,3)4/h8-11H,5-7H2,1-4H3,(H,15,17)/t8-,9+,10-,11+/m1/s1. The minimum atomic E-state index is -0.567. The van der Waals surface area contributed by atoms with Crippen molar-refractivity contribution in [3.05, 3.63) is 0 Å². The molecule has 0 bridgehead atoms. The lowest BCUT2D eigenvalue weighted by Gasteiger charge is -2.29. The molecule has 0 unspecified atom stereocenters. The number of epoxide rings is 1. The molecule has 20 heavy (non-hydrogen) atoms. The first-order valence-electron chi connectivity index (χ1n) is 7.13. The Bertz CT molecular complexity index is 390. The van der Waals surface area contributed by atoms with Crippen LogP contribution >= 0.6 is 0 Å². The van der Waals surface area contributed by atoms with Gasteiger partial charge in [0.25, 0.3) is 0 Å². The normalized spacial score (nSPS) is 32.0. The molecule has 1 heterocycles. The summed E-state index contributed by atoms with van der Waals surface area (Å²) in [5, 5.41) is 2.77. The average Bonchev–Trinajstić information content (AvgIpc) is 3.06. The first-order valence-corrected chi connectivity index (χ1v) is 7.13. The van der Waals surface area contributed by atoms with Crippen molar-refractivity contribution < 1.29 is 23.8 Å². The van der Waals surface area contributed by atoms with Crippen LogP contribution < -0.4 is 5.32 Å². The number of fused-ring (bicyclic) bond motifs is 1.